The van der Waals surface area contributed by atoms with Crippen molar-refractivity contribution in [1.82, 2.24) is 15.0 Å². The van der Waals surface area contributed by atoms with Crippen molar-refractivity contribution in [3.05, 3.63) is 12.0 Å². The first-order chi connectivity index (χ1) is 10.2. The lowest BCUT2D eigenvalue weighted by Gasteiger charge is -1.98. The molecule has 22 heavy (non-hydrogen) atoms. The van der Waals surface area contributed by atoms with Crippen molar-refractivity contribution in [1.29, 1.82) is 0 Å². The van der Waals surface area contributed by atoms with E-state index in [1.54, 1.807) is 14.1 Å². The minimum absolute atomic E-state index is 0.158. The molecule has 0 saturated heterocycles. The Kier molecular flexibility index (Phi) is 9.04. The summed E-state index contributed by atoms with van der Waals surface area (Å²) < 4.78 is 0. The van der Waals surface area contributed by atoms with E-state index in [2.05, 4.69) is 36.3 Å². The Morgan fingerprint density at radius 1 is 1.27 bits per heavy atom. The highest BCUT2D eigenvalue weighted by Crippen LogP contribution is 2.12. The normalized spacial score (nSPS) is 10.2. The SMILES string of the molecule is CC(C)N=C=NC(C)C.CN(C)N=Nc1nc[nH]c1C(N)=O. The van der Waals surface area contributed by atoms with Crippen LogP contribution >= 0.6 is 0 Å². The van der Waals surface area contributed by atoms with E-state index in [9.17, 15) is 4.79 Å². The number of aromatic amines is 1. The van der Waals surface area contributed by atoms with E-state index in [1.165, 1.54) is 11.3 Å². The molecule has 0 aliphatic carbocycles. The molecule has 0 saturated carbocycles. The summed E-state index contributed by atoms with van der Waals surface area (Å²) in [4.78, 5) is 25.0. The highest BCUT2D eigenvalue weighted by atomic mass is 16.1. The predicted octanol–water partition coefficient (Wildman–Crippen LogP) is 2.05. The molecular formula is C13H24N8O. The Labute approximate surface area is 130 Å². The minimum atomic E-state index is -0.606. The molecule has 122 valence electrons. The lowest BCUT2D eigenvalue weighted by molar-refractivity contribution is 0.0996. The van der Waals surface area contributed by atoms with Gasteiger partial charge in [0.05, 0.1) is 24.4 Å². The van der Waals surface area contributed by atoms with Crippen LogP contribution in [0.3, 0.4) is 0 Å². The minimum Gasteiger partial charge on any atom is -0.364 e. The topological polar surface area (TPSA) is 124 Å². The number of carbonyl (C=O) groups is 1. The Morgan fingerprint density at radius 3 is 2.23 bits per heavy atom. The summed E-state index contributed by atoms with van der Waals surface area (Å²) in [6.45, 7) is 8.01. The first-order valence-corrected chi connectivity index (χ1v) is 6.80. The maximum Gasteiger partial charge on any atom is 0.269 e. The third-order valence-electron chi connectivity index (χ3n) is 1.82. The van der Waals surface area contributed by atoms with E-state index >= 15 is 0 Å². The summed E-state index contributed by atoms with van der Waals surface area (Å²) in [5.74, 6) is -0.411. The first kappa shape index (κ1) is 19.5. The van der Waals surface area contributed by atoms with Crippen LogP contribution in [0.2, 0.25) is 0 Å². The van der Waals surface area contributed by atoms with Crippen molar-refractivity contribution in [2.24, 2.45) is 26.1 Å². The second-order valence-corrected chi connectivity index (χ2v) is 5.05. The number of aliphatic imine (C=N–C) groups is 2. The fourth-order valence-electron chi connectivity index (χ4n) is 0.940. The molecule has 0 bridgehead atoms. The molecule has 0 fully saturated rings. The quantitative estimate of drug-likeness (QED) is 0.491. The summed E-state index contributed by atoms with van der Waals surface area (Å²) >= 11 is 0. The zero-order valence-corrected chi connectivity index (χ0v) is 13.9. The van der Waals surface area contributed by atoms with Gasteiger partial charge in [-0.1, -0.05) is 5.22 Å². The number of rotatable bonds is 5. The molecule has 1 rings (SSSR count). The van der Waals surface area contributed by atoms with Crippen LogP contribution in [-0.2, 0) is 0 Å². The average molecular weight is 308 g/mol. The third-order valence-corrected chi connectivity index (χ3v) is 1.82. The Balaban J connectivity index is 0.000000433. The molecule has 0 unspecified atom stereocenters. The van der Waals surface area contributed by atoms with E-state index in [4.69, 9.17) is 5.73 Å². The summed E-state index contributed by atoms with van der Waals surface area (Å²) in [6, 6.07) is 3.26. The van der Waals surface area contributed by atoms with E-state index in [0.717, 1.165) is 0 Å². The molecule has 0 aliphatic rings. The standard InChI is InChI=1S/C7H14N2.C6H10N6O/c1-6(2)8-5-9-7(3)4;1-12(2)11-10-6-4(5(7)13)8-3-9-6/h6-7H,1-4H3;3H,1-2H3,(H2,7,13)(H,8,9). The molecule has 0 aliphatic heterocycles. The van der Waals surface area contributed by atoms with Crippen LogP contribution in [0.5, 0.6) is 0 Å². The number of nitrogens with zero attached hydrogens (tertiary/aromatic N) is 6. The van der Waals surface area contributed by atoms with Crippen LogP contribution in [0, 0.1) is 0 Å². The molecular weight excluding hydrogens is 284 g/mol. The van der Waals surface area contributed by atoms with Crippen LogP contribution in [0.25, 0.3) is 0 Å². The number of aromatic nitrogens is 2. The highest BCUT2D eigenvalue weighted by Gasteiger charge is 2.09. The number of primary amides is 1. The van der Waals surface area contributed by atoms with Gasteiger partial charge in [0, 0.05) is 14.1 Å². The summed E-state index contributed by atoms with van der Waals surface area (Å²) in [5.41, 5.74) is 5.20. The van der Waals surface area contributed by atoms with Gasteiger partial charge in [-0.05, 0) is 27.7 Å². The second-order valence-electron chi connectivity index (χ2n) is 5.05. The van der Waals surface area contributed by atoms with Gasteiger partial charge < -0.3 is 10.7 Å². The molecule has 1 aromatic heterocycles. The monoisotopic (exact) mass is 308 g/mol. The summed E-state index contributed by atoms with van der Waals surface area (Å²) in [7, 11) is 3.42. The first-order valence-electron chi connectivity index (χ1n) is 6.80. The third kappa shape index (κ3) is 9.38. The van der Waals surface area contributed by atoms with Crippen molar-refractivity contribution in [3.8, 4) is 0 Å². The van der Waals surface area contributed by atoms with Gasteiger partial charge in [-0.2, -0.15) is 0 Å². The maximum absolute atomic E-state index is 10.8. The molecule has 1 heterocycles. The Hall–Kier alpha value is -2.54. The molecule has 1 amide bonds. The zero-order valence-electron chi connectivity index (χ0n) is 13.9. The smallest absolute Gasteiger partial charge is 0.269 e. The zero-order chi connectivity index (χ0) is 17.1. The van der Waals surface area contributed by atoms with E-state index in [0.29, 0.717) is 12.1 Å². The lowest BCUT2D eigenvalue weighted by Crippen LogP contribution is -2.11. The van der Waals surface area contributed by atoms with Gasteiger partial charge >= 0.3 is 0 Å². The molecule has 1 aromatic rings. The second kappa shape index (κ2) is 10.2. The molecule has 0 spiro atoms. The number of nitrogens with one attached hydrogen (secondary N) is 1. The Morgan fingerprint density at radius 2 is 1.82 bits per heavy atom. The van der Waals surface area contributed by atoms with Crippen molar-refractivity contribution in [3.63, 3.8) is 0 Å². The van der Waals surface area contributed by atoms with Crippen LogP contribution in [0.1, 0.15) is 38.2 Å². The number of hydrogen-bond donors (Lipinski definition) is 2. The molecule has 0 atom stereocenters. The van der Waals surface area contributed by atoms with Crippen molar-refractivity contribution in [2.75, 3.05) is 14.1 Å². The maximum atomic E-state index is 10.8. The molecule has 0 aromatic carbocycles. The van der Waals surface area contributed by atoms with Crippen molar-refractivity contribution < 1.29 is 4.79 Å². The fourth-order valence-corrected chi connectivity index (χ4v) is 0.940. The van der Waals surface area contributed by atoms with Gasteiger partial charge in [-0.15, -0.1) is 5.11 Å². The molecule has 9 heteroatoms. The van der Waals surface area contributed by atoms with Crippen molar-refractivity contribution >= 4 is 17.7 Å². The van der Waals surface area contributed by atoms with E-state index in [-0.39, 0.29) is 11.5 Å². The molecule has 0 radical (unpaired) electrons. The van der Waals surface area contributed by atoms with Crippen molar-refractivity contribution in [2.45, 2.75) is 39.8 Å². The van der Waals surface area contributed by atoms with E-state index < -0.39 is 5.91 Å². The number of carbonyl (C=O) groups excluding carboxylic acids is 1. The number of imidazole rings is 1. The van der Waals surface area contributed by atoms with Crippen LogP contribution in [0.4, 0.5) is 5.82 Å². The van der Waals surface area contributed by atoms with Gasteiger partial charge in [0.2, 0.25) is 5.82 Å². The molecule has 3 N–H and O–H groups in total. The van der Waals surface area contributed by atoms with Gasteiger partial charge in [-0.3, -0.25) is 9.80 Å². The van der Waals surface area contributed by atoms with Gasteiger partial charge in [0.25, 0.3) is 5.91 Å². The summed E-state index contributed by atoms with van der Waals surface area (Å²) in [5, 5.41) is 8.86. The van der Waals surface area contributed by atoms with Gasteiger partial charge in [-0.25, -0.2) is 15.0 Å². The van der Waals surface area contributed by atoms with Gasteiger partial charge in [0.15, 0.2) is 5.69 Å². The number of amides is 1. The fraction of sp³-hybridized carbons (Fsp3) is 0.615. The Bertz CT molecular complexity index is 526. The lowest BCUT2D eigenvalue weighted by atomic mass is 10.4. The summed E-state index contributed by atoms with van der Waals surface area (Å²) in [6.07, 6.45) is 1.34. The predicted molar refractivity (Wildman–Crippen MR) is 85.4 cm³/mol. The number of nitrogens with two attached hydrogens (primary N) is 1. The van der Waals surface area contributed by atoms with Crippen LogP contribution in [0.15, 0.2) is 26.6 Å². The van der Waals surface area contributed by atoms with Crippen LogP contribution < -0.4 is 5.73 Å². The largest absolute Gasteiger partial charge is 0.364 e. The van der Waals surface area contributed by atoms with E-state index in [1.807, 2.05) is 27.7 Å². The average Bonchev–Trinajstić information content (AvgIpc) is 2.84. The van der Waals surface area contributed by atoms with Crippen LogP contribution in [-0.4, -0.2) is 53.1 Å². The number of H-pyrrole nitrogens is 1. The number of hydrogen-bond acceptors (Lipinski definition) is 6. The highest BCUT2D eigenvalue weighted by molar-refractivity contribution is 5.94. The van der Waals surface area contributed by atoms with Gasteiger partial charge in [0.1, 0.15) is 0 Å². The molecule has 9 nitrogen and oxygen atoms in total.